The lowest BCUT2D eigenvalue weighted by Gasteiger charge is -2.17. The predicted octanol–water partition coefficient (Wildman–Crippen LogP) is 2.28. The molecular formula is C14H24N4O2. The first-order valence-corrected chi connectivity index (χ1v) is 7.01. The van der Waals surface area contributed by atoms with E-state index < -0.39 is 6.04 Å². The molecule has 0 aromatic carbocycles. The van der Waals surface area contributed by atoms with Crippen molar-refractivity contribution in [2.75, 3.05) is 23.8 Å². The molecule has 112 valence electrons. The highest BCUT2D eigenvalue weighted by atomic mass is 16.5. The van der Waals surface area contributed by atoms with Gasteiger partial charge in [0.25, 0.3) is 0 Å². The van der Waals surface area contributed by atoms with Gasteiger partial charge in [0.15, 0.2) is 0 Å². The van der Waals surface area contributed by atoms with Gasteiger partial charge >= 0.3 is 5.97 Å². The lowest BCUT2D eigenvalue weighted by molar-refractivity contribution is -0.143. The number of ether oxygens (including phenoxy) is 1. The molecule has 0 saturated heterocycles. The van der Waals surface area contributed by atoms with Crippen molar-refractivity contribution in [1.82, 2.24) is 9.97 Å². The predicted molar refractivity (Wildman–Crippen MR) is 80.0 cm³/mol. The molecule has 1 heterocycles. The summed E-state index contributed by atoms with van der Waals surface area (Å²) in [4.78, 5) is 20.4. The molecule has 0 bridgehead atoms. The first-order chi connectivity index (χ1) is 9.49. The van der Waals surface area contributed by atoms with Crippen LogP contribution in [0.4, 0.5) is 11.6 Å². The van der Waals surface area contributed by atoms with Gasteiger partial charge in [-0.25, -0.2) is 14.8 Å². The molecule has 1 rings (SSSR count). The van der Waals surface area contributed by atoms with Crippen molar-refractivity contribution < 1.29 is 9.53 Å². The van der Waals surface area contributed by atoms with Gasteiger partial charge in [-0.15, -0.1) is 0 Å². The quantitative estimate of drug-likeness (QED) is 0.746. The number of hydrogen-bond donors (Lipinski definition) is 2. The number of hydrogen-bond acceptors (Lipinski definition) is 6. The molecule has 1 aromatic rings. The fraction of sp³-hybridized carbons (Fsp3) is 0.643. The first-order valence-electron chi connectivity index (χ1n) is 7.01. The Morgan fingerprint density at radius 2 is 1.90 bits per heavy atom. The maximum atomic E-state index is 11.7. The molecule has 1 aromatic heterocycles. The van der Waals surface area contributed by atoms with E-state index in [0.717, 1.165) is 24.3 Å². The summed E-state index contributed by atoms with van der Waals surface area (Å²) in [6.07, 6.45) is 1.02. The number of aromatic nitrogens is 2. The van der Waals surface area contributed by atoms with Gasteiger partial charge in [0, 0.05) is 12.1 Å². The highest BCUT2D eigenvalue weighted by molar-refractivity contribution is 5.79. The molecule has 0 fully saturated rings. The van der Waals surface area contributed by atoms with Gasteiger partial charge in [-0.05, 0) is 34.1 Å². The van der Waals surface area contributed by atoms with Crippen molar-refractivity contribution in [3.63, 3.8) is 0 Å². The Hall–Kier alpha value is -1.85. The van der Waals surface area contributed by atoms with Crippen LogP contribution in [0.5, 0.6) is 0 Å². The van der Waals surface area contributed by atoms with Crippen molar-refractivity contribution in [2.45, 2.75) is 47.1 Å². The zero-order chi connectivity index (χ0) is 15.1. The lowest BCUT2D eigenvalue weighted by atomic mass is 10.2. The fourth-order valence-corrected chi connectivity index (χ4v) is 1.72. The topological polar surface area (TPSA) is 76.1 Å². The summed E-state index contributed by atoms with van der Waals surface area (Å²) in [7, 11) is 0. The summed E-state index contributed by atoms with van der Waals surface area (Å²) in [5, 5.41) is 6.35. The third-order valence-corrected chi connectivity index (χ3v) is 2.79. The van der Waals surface area contributed by atoms with Crippen LogP contribution in [0.15, 0.2) is 0 Å². The van der Waals surface area contributed by atoms with Gasteiger partial charge in [-0.3, -0.25) is 0 Å². The molecule has 6 heteroatoms. The minimum atomic E-state index is -0.443. The van der Waals surface area contributed by atoms with E-state index in [9.17, 15) is 4.79 Å². The number of nitrogens with one attached hydrogen (secondary N) is 2. The van der Waals surface area contributed by atoms with E-state index >= 15 is 0 Å². The van der Waals surface area contributed by atoms with E-state index in [1.807, 2.05) is 13.8 Å². The molecule has 0 spiro atoms. The van der Waals surface area contributed by atoms with Crippen molar-refractivity contribution in [3.05, 3.63) is 11.4 Å². The summed E-state index contributed by atoms with van der Waals surface area (Å²) >= 11 is 0. The molecule has 20 heavy (non-hydrogen) atoms. The Morgan fingerprint density at radius 3 is 2.50 bits per heavy atom. The van der Waals surface area contributed by atoms with Crippen LogP contribution in [-0.2, 0) is 9.53 Å². The second kappa shape index (κ2) is 7.67. The van der Waals surface area contributed by atoms with Crippen LogP contribution in [0.25, 0.3) is 0 Å². The summed E-state index contributed by atoms with van der Waals surface area (Å²) in [5.41, 5.74) is 0.903. The molecule has 0 radical (unpaired) electrons. The van der Waals surface area contributed by atoms with E-state index in [1.54, 1.807) is 13.8 Å². The lowest BCUT2D eigenvalue weighted by Crippen LogP contribution is -2.29. The smallest absolute Gasteiger partial charge is 0.328 e. The Kier molecular flexibility index (Phi) is 6.21. The Bertz CT molecular complexity index is 463. The van der Waals surface area contributed by atoms with Crippen LogP contribution in [0, 0.1) is 13.8 Å². The standard InChI is InChI=1S/C14H24N4O2/c1-6-8-15-12-9(3)13(18-11(5)17-12)16-10(4)14(19)20-7-2/h10H,6-8H2,1-5H3,(H2,15,16,17,18). The molecule has 2 N–H and O–H groups in total. The summed E-state index contributed by atoms with van der Waals surface area (Å²) in [6, 6.07) is -0.443. The molecule has 0 saturated carbocycles. The van der Waals surface area contributed by atoms with Crippen LogP contribution in [0.3, 0.4) is 0 Å². The SMILES string of the molecule is CCCNc1nc(C)nc(NC(C)C(=O)OCC)c1C. The maximum Gasteiger partial charge on any atom is 0.328 e. The zero-order valence-electron chi connectivity index (χ0n) is 12.9. The summed E-state index contributed by atoms with van der Waals surface area (Å²) in [5.74, 6) is 1.84. The number of carbonyl (C=O) groups excluding carboxylic acids is 1. The molecular weight excluding hydrogens is 256 g/mol. The van der Waals surface area contributed by atoms with Crippen molar-refractivity contribution in [2.24, 2.45) is 0 Å². The molecule has 0 amide bonds. The van der Waals surface area contributed by atoms with E-state index in [-0.39, 0.29) is 5.97 Å². The highest BCUT2D eigenvalue weighted by Gasteiger charge is 2.17. The van der Waals surface area contributed by atoms with Crippen LogP contribution in [0.2, 0.25) is 0 Å². The maximum absolute atomic E-state index is 11.7. The number of anilines is 2. The van der Waals surface area contributed by atoms with Crippen molar-refractivity contribution in [3.8, 4) is 0 Å². The van der Waals surface area contributed by atoms with Crippen LogP contribution < -0.4 is 10.6 Å². The third kappa shape index (κ3) is 4.36. The van der Waals surface area contributed by atoms with E-state index in [1.165, 1.54) is 0 Å². The Balaban J connectivity index is 2.89. The van der Waals surface area contributed by atoms with Crippen molar-refractivity contribution >= 4 is 17.6 Å². The van der Waals surface area contributed by atoms with E-state index in [4.69, 9.17) is 4.74 Å². The van der Waals surface area contributed by atoms with Gasteiger partial charge in [0.2, 0.25) is 0 Å². The minimum Gasteiger partial charge on any atom is -0.464 e. The average molecular weight is 280 g/mol. The second-order valence-corrected chi connectivity index (χ2v) is 4.64. The van der Waals surface area contributed by atoms with E-state index in [0.29, 0.717) is 18.2 Å². The second-order valence-electron chi connectivity index (χ2n) is 4.64. The normalized spacial score (nSPS) is 11.8. The molecule has 0 aliphatic rings. The first kappa shape index (κ1) is 16.2. The fourth-order valence-electron chi connectivity index (χ4n) is 1.72. The van der Waals surface area contributed by atoms with Crippen LogP contribution in [0.1, 0.15) is 38.6 Å². The number of rotatable bonds is 7. The Morgan fingerprint density at radius 1 is 1.25 bits per heavy atom. The van der Waals surface area contributed by atoms with Gasteiger partial charge in [0.1, 0.15) is 23.5 Å². The number of carbonyl (C=O) groups is 1. The average Bonchev–Trinajstić information content (AvgIpc) is 2.41. The minimum absolute atomic E-state index is 0.286. The van der Waals surface area contributed by atoms with E-state index in [2.05, 4.69) is 27.5 Å². The molecule has 1 atom stereocenters. The molecule has 0 aliphatic carbocycles. The monoisotopic (exact) mass is 280 g/mol. The summed E-state index contributed by atoms with van der Waals surface area (Å²) in [6.45, 7) is 10.6. The Labute approximate surface area is 120 Å². The van der Waals surface area contributed by atoms with Crippen LogP contribution in [-0.4, -0.2) is 35.1 Å². The highest BCUT2D eigenvalue weighted by Crippen LogP contribution is 2.20. The van der Waals surface area contributed by atoms with Crippen molar-refractivity contribution in [1.29, 1.82) is 0 Å². The zero-order valence-corrected chi connectivity index (χ0v) is 12.9. The number of esters is 1. The van der Waals surface area contributed by atoms with Gasteiger partial charge < -0.3 is 15.4 Å². The summed E-state index contributed by atoms with van der Waals surface area (Å²) < 4.78 is 4.98. The largest absolute Gasteiger partial charge is 0.464 e. The van der Waals surface area contributed by atoms with Gasteiger partial charge in [-0.2, -0.15) is 0 Å². The number of aryl methyl sites for hydroxylation is 1. The number of nitrogens with zero attached hydrogens (tertiary/aromatic N) is 2. The van der Waals surface area contributed by atoms with Crippen LogP contribution >= 0.6 is 0 Å². The van der Waals surface area contributed by atoms with Gasteiger partial charge in [-0.1, -0.05) is 6.92 Å². The third-order valence-electron chi connectivity index (χ3n) is 2.79. The van der Waals surface area contributed by atoms with Gasteiger partial charge in [0.05, 0.1) is 6.61 Å². The molecule has 6 nitrogen and oxygen atoms in total. The molecule has 0 aliphatic heterocycles. The molecule has 1 unspecified atom stereocenters.